The zero-order valence-electron chi connectivity index (χ0n) is 14.3. The van der Waals surface area contributed by atoms with E-state index >= 15 is 0 Å². The highest BCUT2D eigenvalue weighted by atomic mass is 19.3. The molecule has 1 aromatic carbocycles. The van der Waals surface area contributed by atoms with Crippen molar-refractivity contribution in [1.29, 1.82) is 0 Å². The first-order chi connectivity index (χ1) is 12.5. The SMILES string of the molecule is CCOC(C(=O)N1CCn2c(nn(CC(F)F)c2=O)C1)c1ccccc1. The predicted molar refractivity (Wildman–Crippen MR) is 88.7 cm³/mol. The Bertz CT molecular complexity index is 819. The monoisotopic (exact) mass is 366 g/mol. The van der Waals surface area contributed by atoms with Crippen molar-refractivity contribution in [2.45, 2.75) is 39.1 Å². The van der Waals surface area contributed by atoms with Gasteiger partial charge in [0.2, 0.25) is 0 Å². The van der Waals surface area contributed by atoms with Crippen LogP contribution in [0.2, 0.25) is 0 Å². The third-order valence-electron chi connectivity index (χ3n) is 4.21. The second kappa shape index (κ2) is 7.77. The van der Waals surface area contributed by atoms with Gasteiger partial charge in [-0.2, -0.15) is 5.10 Å². The Morgan fingerprint density at radius 2 is 2.00 bits per heavy atom. The fourth-order valence-corrected chi connectivity index (χ4v) is 3.01. The Balaban J connectivity index is 1.81. The van der Waals surface area contributed by atoms with Crippen LogP contribution in [0.15, 0.2) is 35.1 Å². The molecule has 0 spiro atoms. The van der Waals surface area contributed by atoms with Crippen LogP contribution < -0.4 is 5.69 Å². The Labute approximate surface area is 148 Å². The Kier molecular flexibility index (Phi) is 5.46. The summed E-state index contributed by atoms with van der Waals surface area (Å²) < 4.78 is 32.8. The molecule has 0 fully saturated rings. The summed E-state index contributed by atoms with van der Waals surface area (Å²) in [6.45, 7) is 2.02. The van der Waals surface area contributed by atoms with Gasteiger partial charge in [-0.25, -0.2) is 18.3 Å². The van der Waals surface area contributed by atoms with Gasteiger partial charge in [0.15, 0.2) is 11.9 Å². The number of rotatable bonds is 6. The number of aromatic nitrogens is 3. The van der Waals surface area contributed by atoms with E-state index < -0.39 is 24.8 Å². The van der Waals surface area contributed by atoms with Gasteiger partial charge in [-0.3, -0.25) is 9.36 Å². The molecule has 0 radical (unpaired) electrons. The van der Waals surface area contributed by atoms with E-state index in [4.69, 9.17) is 4.74 Å². The zero-order valence-corrected chi connectivity index (χ0v) is 14.3. The van der Waals surface area contributed by atoms with E-state index in [2.05, 4.69) is 5.10 Å². The second-order valence-electron chi connectivity index (χ2n) is 5.93. The molecule has 0 bridgehead atoms. The van der Waals surface area contributed by atoms with Gasteiger partial charge in [-0.15, -0.1) is 0 Å². The first kappa shape index (κ1) is 18.2. The number of nitrogens with zero attached hydrogens (tertiary/aromatic N) is 4. The van der Waals surface area contributed by atoms with Crippen molar-refractivity contribution in [3.8, 4) is 0 Å². The summed E-state index contributed by atoms with van der Waals surface area (Å²) in [7, 11) is 0. The number of carbonyl (C=O) groups is 1. The lowest BCUT2D eigenvalue weighted by molar-refractivity contribution is -0.145. The highest BCUT2D eigenvalue weighted by molar-refractivity contribution is 5.82. The van der Waals surface area contributed by atoms with Crippen LogP contribution in [-0.4, -0.2) is 44.7 Å². The largest absolute Gasteiger partial charge is 0.364 e. The van der Waals surface area contributed by atoms with Crippen LogP contribution in [0.5, 0.6) is 0 Å². The minimum atomic E-state index is -2.66. The van der Waals surface area contributed by atoms with E-state index in [-0.39, 0.29) is 19.0 Å². The highest BCUT2D eigenvalue weighted by Gasteiger charge is 2.31. The smallest absolute Gasteiger partial charge is 0.346 e. The van der Waals surface area contributed by atoms with E-state index in [1.54, 1.807) is 4.90 Å². The van der Waals surface area contributed by atoms with Gasteiger partial charge in [0.1, 0.15) is 6.54 Å². The highest BCUT2D eigenvalue weighted by Crippen LogP contribution is 2.22. The first-order valence-electron chi connectivity index (χ1n) is 8.41. The molecule has 9 heteroatoms. The number of ether oxygens (including phenoxy) is 1. The maximum absolute atomic E-state index is 12.9. The fourth-order valence-electron chi connectivity index (χ4n) is 3.01. The summed E-state index contributed by atoms with van der Waals surface area (Å²) in [5.74, 6) is 0.0683. The lowest BCUT2D eigenvalue weighted by Gasteiger charge is -2.30. The maximum atomic E-state index is 12.9. The molecule has 1 aliphatic rings. The van der Waals surface area contributed by atoms with Crippen molar-refractivity contribution in [3.05, 3.63) is 52.2 Å². The average Bonchev–Trinajstić information content (AvgIpc) is 2.94. The molecule has 0 N–H and O–H groups in total. The van der Waals surface area contributed by atoms with Crippen LogP contribution in [-0.2, 0) is 29.2 Å². The van der Waals surface area contributed by atoms with Crippen molar-refractivity contribution >= 4 is 5.91 Å². The van der Waals surface area contributed by atoms with E-state index in [1.807, 2.05) is 37.3 Å². The maximum Gasteiger partial charge on any atom is 0.346 e. The quantitative estimate of drug-likeness (QED) is 0.776. The Hall–Kier alpha value is -2.55. The van der Waals surface area contributed by atoms with Crippen LogP contribution in [0.25, 0.3) is 0 Å². The Morgan fingerprint density at radius 1 is 1.27 bits per heavy atom. The van der Waals surface area contributed by atoms with Gasteiger partial charge in [0, 0.05) is 19.7 Å². The number of alkyl halides is 2. The second-order valence-corrected chi connectivity index (χ2v) is 5.93. The van der Waals surface area contributed by atoms with Gasteiger partial charge in [0.05, 0.1) is 6.54 Å². The van der Waals surface area contributed by atoms with Crippen LogP contribution in [0.1, 0.15) is 24.4 Å². The van der Waals surface area contributed by atoms with E-state index in [1.165, 1.54) is 4.57 Å². The predicted octanol–water partition coefficient (Wildman–Crippen LogP) is 1.43. The van der Waals surface area contributed by atoms with Gasteiger partial charge in [0.25, 0.3) is 12.3 Å². The number of hydrogen-bond donors (Lipinski definition) is 0. The fraction of sp³-hybridized carbons (Fsp3) is 0.471. The molecule has 0 aliphatic carbocycles. The third-order valence-corrected chi connectivity index (χ3v) is 4.21. The normalized spacial score (nSPS) is 15.2. The number of hydrogen-bond acceptors (Lipinski definition) is 4. The topological polar surface area (TPSA) is 69.4 Å². The molecule has 0 saturated carbocycles. The molecule has 3 rings (SSSR count). The number of fused-ring (bicyclic) bond motifs is 1. The molecular formula is C17H20F2N4O3. The molecule has 140 valence electrons. The molecular weight excluding hydrogens is 346 g/mol. The van der Waals surface area contributed by atoms with Gasteiger partial charge in [-0.1, -0.05) is 30.3 Å². The molecule has 1 aliphatic heterocycles. The molecule has 2 heterocycles. The van der Waals surface area contributed by atoms with E-state index in [0.717, 1.165) is 10.2 Å². The molecule has 1 atom stereocenters. The van der Waals surface area contributed by atoms with Gasteiger partial charge >= 0.3 is 5.69 Å². The number of amides is 1. The summed E-state index contributed by atoms with van der Waals surface area (Å²) in [5, 5.41) is 3.95. The molecule has 7 nitrogen and oxygen atoms in total. The van der Waals surface area contributed by atoms with Crippen molar-refractivity contribution < 1.29 is 18.3 Å². The molecule has 26 heavy (non-hydrogen) atoms. The lowest BCUT2D eigenvalue weighted by Crippen LogP contribution is -2.43. The summed E-state index contributed by atoms with van der Waals surface area (Å²) in [6, 6.07) is 9.14. The molecule has 1 amide bonds. The van der Waals surface area contributed by atoms with Crippen molar-refractivity contribution in [2.75, 3.05) is 13.2 Å². The molecule has 0 saturated heterocycles. The van der Waals surface area contributed by atoms with Crippen LogP contribution >= 0.6 is 0 Å². The molecule has 1 aromatic heterocycles. The van der Waals surface area contributed by atoms with E-state index in [0.29, 0.717) is 19.0 Å². The first-order valence-corrected chi connectivity index (χ1v) is 8.41. The van der Waals surface area contributed by atoms with Crippen LogP contribution in [0, 0.1) is 0 Å². The minimum Gasteiger partial charge on any atom is -0.364 e. The summed E-state index contributed by atoms with van der Waals surface area (Å²) in [4.78, 5) is 26.6. The van der Waals surface area contributed by atoms with Gasteiger partial charge < -0.3 is 9.64 Å². The standard InChI is InChI=1S/C17H20F2N4O3/c1-2-26-15(12-6-4-3-5-7-12)16(24)21-8-9-22-14(11-21)20-23(17(22)25)10-13(18)19/h3-7,13,15H,2,8-11H2,1H3. The van der Waals surface area contributed by atoms with Gasteiger partial charge in [-0.05, 0) is 12.5 Å². The number of benzene rings is 1. The zero-order chi connectivity index (χ0) is 18.7. The van der Waals surface area contributed by atoms with Crippen molar-refractivity contribution in [1.82, 2.24) is 19.2 Å². The summed E-state index contributed by atoms with van der Waals surface area (Å²) in [5.41, 5.74) is 0.169. The molecule has 2 aromatic rings. The Morgan fingerprint density at radius 3 is 2.65 bits per heavy atom. The van der Waals surface area contributed by atoms with E-state index in [9.17, 15) is 18.4 Å². The lowest BCUT2D eigenvalue weighted by atomic mass is 10.1. The van der Waals surface area contributed by atoms with Crippen molar-refractivity contribution in [3.63, 3.8) is 0 Å². The minimum absolute atomic E-state index is 0.0840. The average molecular weight is 366 g/mol. The number of carbonyl (C=O) groups excluding carboxylic acids is 1. The van der Waals surface area contributed by atoms with Crippen LogP contribution in [0.4, 0.5) is 8.78 Å². The third kappa shape index (κ3) is 3.67. The summed E-state index contributed by atoms with van der Waals surface area (Å²) in [6.07, 6.45) is -3.41. The van der Waals surface area contributed by atoms with Crippen molar-refractivity contribution in [2.24, 2.45) is 0 Å². The molecule has 1 unspecified atom stereocenters. The summed E-state index contributed by atoms with van der Waals surface area (Å²) >= 11 is 0. The van der Waals surface area contributed by atoms with Crippen LogP contribution in [0.3, 0.4) is 0 Å². The number of halogens is 2.